The van der Waals surface area contributed by atoms with Crippen LogP contribution in [0.3, 0.4) is 0 Å². The molecule has 0 unspecified atom stereocenters. The molecule has 0 atom stereocenters. The zero-order chi connectivity index (χ0) is 15.1. The van der Waals surface area contributed by atoms with Gasteiger partial charge in [-0.1, -0.05) is 49.4 Å². The maximum absolute atomic E-state index is 13.4. The summed E-state index contributed by atoms with van der Waals surface area (Å²) in [6, 6.07) is 14.4. The van der Waals surface area contributed by atoms with Crippen LogP contribution in [0.1, 0.15) is 23.6 Å². The molecule has 0 fully saturated rings. The topological polar surface area (TPSA) is 29.1 Å². The molecule has 0 radical (unpaired) electrons. The minimum absolute atomic E-state index is 0.185. The van der Waals surface area contributed by atoms with Crippen LogP contribution in [-0.2, 0) is 17.8 Å². The molecular weight excluding hydrogens is 265 g/mol. The Hall–Kier alpha value is -2.42. The van der Waals surface area contributed by atoms with Gasteiger partial charge in [-0.25, -0.2) is 4.39 Å². The number of rotatable bonds is 5. The Balaban J connectivity index is 1.89. The van der Waals surface area contributed by atoms with Crippen molar-refractivity contribution in [2.24, 2.45) is 0 Å². The highest BCUT2D eigenvalue weighted by Gasteiger charge is 2.01. The number of carbonyl (C=O) groups is 1. The Kier molecular flexibility index (Phi) is 5.27. The molecule has 0 bridgehead atoms. The van der Waals surface area contributed by atoms with Crippen molar-refractivity contribution in [3.8, 4) is 0 Å². The van der Waals surface area contributed by atoms with Gasteiger partial charge >= 0.3 is 0 Å². The second kappa shape index (κ2) is 7.39. The number of amides is 1. The number of benzene rings is 2. The van der Waals surface area contributed by atoms with Gasteiger partial charge in [-0.2, -0.15) is 0 Å². The SMILES string of the molecule is CCc1ccc(/C=C/C(=O)NCc2ccccc2F)cc1. The van der Waals surface area contributed by atoms with Gasteiger partial charge in [0.1, 0.15) is 5.82 Å². The standard InChI is InChI=1S/C18H18FNO/c1-2-14-7-9-15(10-8-14)11-12-18(21)20-13-16-5-3-4-6-17(16)19/h3-12H,2,13H2,1H3,(H,20,21)/b12-11+. The second-order valence-corrected chi connectivity index (χ2v) is 4.74. The summed E-state index contributed by atoms with van der Waals surface area (Å²) < 4.78 is 13.4. The first-order valence-corrected chi connectivity index (χ1v) is 6.97. The van der Waals surface area contributed by atoms with E-state index in [1.165, 1.54) is 17.7 Å². The van der Waals surface area contributed by atoms with Crippen LogP contribution in [0.15, 0.2) is 54.6 Å². The van der Waals surface area contributed by atoms with Gasteiger partial charge in [-0.3, -0.25) is 4.79 Å². The van der Waals surface area contributed by atoms with E-state index < -0.39 is 0 Å². The Bertz CT molecular complexity index is 632. The van der Waals surface area contributed by atoms with E-state index in [2.05, 4.69) is 12.2 Å². The lowest BCUT2D eigenvalue weighted by molar-refractivity contribution is -0.116. The fraction of sp³-hybridized carbons (Fsp3) is 0.167. The van der Waals surface area contributed by atoms with E-state index in [0.717, 1.165) is 12.0 Å². The van der Waals surface area contributed by atoms with Gasteiger partial charge in [0.15, 0.2) is 0 Å². The van der Waals surface area contributed by atoms with Crippen molar-refractivity contribution >= 4 is 12.0 Å². The first kappa shape index (κ1) is 15.0. The number of hydrogen-bond acceptors (Lipinski definition) is 1. The molecule has 1 N–H and O–H groups in total. The van der Waals surface area contributed by atoms with Gasteiger partial charge in [0.05, 0.1) is 0 Å². The number of nitrogens with one attached hydrogen (secondary N) is 1. The van der Waals surface area contributed by atoms with Crippen molar-refractivity contribution in [3.05, 3.63) is 77.1 Å². The molecule has 108 valence electrons. The summed E-state index contributed by atoms with van der Waals surface area (Å²) in [5, 5.41) is 2.67. The Morgan fingerprint density at radius 3 is 2.52 bits per heavy atom. The van der Waals surface area contributed by atoms with E-state index in [0.29, 0.717) is 5.56 Å². The van der Waals surface area contributed by atoms with Crippen LogP contribution in [0.2, 0.25) is 0 Å². The van der Waals surface area contributed by atoms with Crippen LogP contribution < -0.4 is 5.32 Å². The molecule has 1 amide bonds. The van der Waals surface area contributed by atoms with Gasteiger partial charge < -0.3 is 5.32 Å². The molecule has 21 heavy (non-hydrogen) atoms. The third-order valence-electron chi connectivity index (χ3n) is 3.23. The first-order valence-electron chi connectivity index (χ1n) is 6.97. The predicted octanol–water partition coefficient (Wildman–Crippen LogP) is 3.72. The van der Waals surface area contributed by atoms with E-state index in [1.54, 1.807) is 24.3 Å². The summed E-state index contributed by atoms with van der Waals surface area (Å²) in [6.07, 6.45) is 4.20. The van der Waals surface area contributed by atoms with Crippen molar-refractivity contribution in [2.75, 3.05) is 0 Å². The van der Waals surface area contributed by atoms with Crippen molar-refractivity contribution < 1.29 is 9.18 Å². The number of halogens is 1. The predicted molar refractivity (Wildman–Crippen MR) is 83.1 cm³/mol. The third kappa shape index (κ3) is 4.56. The van der Waals surface area contributed by atoms with Crippen LogP contribution in [-0.4, -0.2) is 5.91 Å². The average molecular weight is 283 g/mol. The van der Waals surface area contributed by atoms with Crippen molar-refractivity contribution in [1.82, 2.24) is 5.32 Å². The number of aryl methyl sites for hydroxylation is 1. The molecule has 3 heteroatoms. The number of hydrogen-bond donors (Lipinski definition) is 1. The van der Waals surface area contributed by atoms with Crippen LogP contribution in [0, 0.1) is 5.82 Å². The molecule has 2 aromatic carbocycles. The zero-order valence-corrected chi connectivity index (χ0v) is 12.0. The van der Waals surface area contributed by atoms with E-state index in [4.69, 9.17) is 0 Å². The van der Waals surface area contributed by atoms with Crippen molar-refractivity contribution in [3.63, 3.8) is 0 Å². The summed E-state index contributed by atoms with van der Waals surface area (Å²) >= 11 is 0. The molecule has 0 aliphatic heterocycles. The minimum atomic E-state index is -0.308. The smallest absolute Gasteiger partial charge is 0.244 e. The van der Waals surface area contributed by atoms with Crippen molar-refractivity contribution in [1.29, 1.82) is 0 Å². The summed E-state index contributed by atoms with van der Waals surface area (Å²) in [5.74, 6) is -0.547. The summed E-state index contributed by atoms with van der Waals surface area (Å²) in [6.45, 7) is 2.28. The maximum Gasteiger partial charge on any atom is 0.244 e. The third-order valence-corrected chi connectivity index (χ3v) is 3.23. The molecule has 0 aromatic heterocycles. The molecule has 0 heterocycles. The quantitative estimate of drug-likeness (QED) is 0.833. The van der Waals surface area contributed by atoms with E-state index in [1.807, 2.05) is 24.3 Å². The van der Waals surface area contributed by atoms with Crippen LogP contribution in [0.25, 0.3) is 6.08 Å². The Morgan fingerprint density at radius 2 is 1.86 bits per heavy atom. The van der Waals surface area contributed by atoms with Crippen LogP contribution in [0.4, 0.5) is 4.39 Å². The lowest BCUT2D eigenvalue weighted by atomic mass is 10.1. The summed E-state index contributed by atoms with van der Waals surface area (Å²) in [5.41, 5.74) is 2.70. The van der Waals surface area contributed by atoms with E-state index in [-0.39, 0.29) is 18.3 Å². The van der Waals surface area contributed by atoms with Gasteiger partial charge in [-0.05, 0) is 29.7 Å². The van der Waals surface area contributed by atoms with E-state index >= 15 is 0 Å². The highest BCUT2D eigenvalue weighted by molar-refractivity contribution is 5.91. The first-order chi connectivity index (χ1) is 10.2. The normalized spacial score (nSPS) is 10.8. The highest BCUT2D eigenvalue weighted by Crippen LogP contribution is 2.07. The lowest BCUT2D eigenvalue weighted by Gasteiger charge is -2.03. The zero-order valence-electron chi connectivity index (χ0n) is 12.0. The Morgan fingerprint density at radius 1 is 1.14 bits per heavy atom. The fourth-order valence-corrected chi connectivity index (χ4v) is 1.92. The summed E-state index contributed by atoms with van der Waals surface area (Å²) in [4.78, 5) is 11.7. The second-order valence-electron chi connectivity index (χ2n) is 4.74. The van der Waals surface area contributed by atoms with E-state index in [9.17, 15) is 9.18 Å². The van der Waals surface area contributed by atoms with Gasteiger partial charge in [0, 0.05) is 18.2 Å². The Labute approximate surface area is 124 Å². The molecule has 0 aliphatic carbocycles. The molecule has 2 aromatic rings. The van der Waals surface area contributed by atoms with Gasteiger partial charge in [0.2, 0.25) is 5.91 Å². The molecule has 0 saturated heterocycles. The minimum Gasteiger partial charge on any atom is -0.348 e. The molecule has 0 aliphatic rings. The molecule has 0 saturated carbocycles. The van der Waals surface area contributed by atoms with Crippen LogP contribution >= 0.6 is 0 Å². The fourth-order valence-electron chi connectivity index (χ4n) is 1.92. The lowest BCUT2D eigenvalue weighted by Crippen LogP contribution is -2.20. The molecule has 0 spiro atoms. The van der Waals surface area contributed by atoms with Gasteiger partial charge in [-0.15, -0.1) is 0 Å². The maximum atomic E-state index is 13.4. The van der Waals surface area contributed by atoms with Crippen molar-refractivity contribution in [2.45, 2.75) is 19.9 Å². The summed E-state index contributed by atoms with van der Waals surface area (Å²) in [7, 11) is 0. The van der Waals surface area contributed by atoms with Gasteiger partial charge in [0.25, 0.3) is 0 Å². The molecule has 2 rings (SSSR count). The molecule has 2 nitrogen and oxygen atoms in total. The number of carbonyl (C=O) groups excluding carboxylic acids is 1. The largest absolute Gasteiger partial charge is 0.348 e. The monoisotopic (exact) mass is 283 g/mol. The average Bonchev–Trinajstić information content (AvgIpc) is 2.52. The highest BCUT2D eigenvalue weighted by atomic mass is 19.1. The molecular formula is C18H18FNO. The van der Waals surface area contributed by atoms with Crippen LogP contribution in [0.5, 0.6) is 0 Å².